The van der Waals surface area contributed by atoms with E-state index < -0.39 is 6.04 Å². The van der Waals surface area contributed by atoms with Crippen molar-refractivity contribution in [1.82, 2.24) is 15.1 Å². The first-order valence-electron chi connectivity index (χ1n) is 10.2. The van der Waals surface area contributed by atoms with Gasteiger partial charge in [-0.15, -0.1) is 0 Å². The first kappa shape index (κ1) is 19.7. The number of likely N-dealkylation sites (tertiary alicyclic amines) is 1. The molecule has 2 aliphatic rings. The molecule has 7 heteroatoms. The first-order chi connectivity index (χ1) is 14.2. The van der Waals surface area contributed by atoms with Crippen LogP contribution in [-0.2, 0) is 16.1 Å². The fraction of sp³-hybridized carbons (Fsp3) is 0.455. The first-order valence-corrected chi connectivity index (χ1v) is 10.2. The summed E-state index contributed by atoms with van der Waals surface area (Å²) in [5.74, 6) is -0.0707. The fourth-order valence-electron chi connectivity index (χ4n) is 4.05. The van der Waals surface area contributed by atoms with Gasteiger partial charge in [0, 0.05) is 32.7 Å². The van der Waals surface area contributed by atoms with Crippen LogP contribution in [0.5, 0.6) is 0 Å². The Hall–Kier alpha value is -2.64. The molecule has 29 heavy (non-hydrogen) atoms. The smallest absolute Gasteiger partial charge is 0.290 e. The third-order valence-electron chi connectivity index (χ3n) is 5.52. The minimum absolute atomic E-state index is 0.0490. The molecule has 4 rings (SSSR count). The van der Waals surface area contributed by atoms with Crippen LogP contribution in [-0.4, -0.2) is 66.5 Å². The van der Waals surface area contributed by atoms with Gasteiger partial charge in [-0.05, 0) is 30.5 Å². The van der Waals surface area contributed by atoms with Crippen LogP contribution >= 0.6 is 0 Å². The molecular weight excluding hydrogens is 370 g/mol. The molecule has 1 N–H and O–H groups in total. The Morgan fingerprint density at radius 2 is 1.97 bits per heavy atom. The van der Waals surface area contributed by atoms with Crippen LogP contribution in [0.15, 0.2) is 53.1 Å². The average Bonchev–Trinajstić information content (AvgIpc) is 3.45. The van der Waals surface area contributed by atoms with Crippen LogP contribution in [0.3, 0.4) is 0 Å². The fourth-order valence-corrected chi connectivity index (χ4v) is 4.05. The highest BCUT2D eigenvalue weighted by Gasteiger charge is 2.35. The van der Waals surface area contributed by atoms with Gasteiger partial charge in [0.2, 0.25) is 5.91 Å². The Morgan fingerprint density at radius 3 is 2.76 bits per heavy atom. The van der Waals surface area contributed by atoms with Crippen LogP contribution in [0.1, 0.15) is 29.0 Å². The zero-order chi connectivity index (χ0) is 20.1. The van der Waals surface area contributed by atoms with E-state index in [0.29, 0.717) is 26.1 Å². The predicted octanol–water partition coefficient (Wildman–Crippen LogP) is 1.90. The Balaban J connectivity index is 1.28. The van der Waals surface area contributed by atoms with E-state index in [-0.39, 0.29) is 23.7 Å². The molecule has 2 aromatic rings. The molecule has 0 bridgehead atoms. The normalized spacial score (nSPS) is 22.6. The summed E-state index contributed by atoms with van der Waals surface area (Å²) in [6.45, 7) is 4.21. The van der Waals surface area contributed by atoms with Gasteiger partial charge in [0.15, 0.2) is 5.76 Å². The van der Waals surface area contributed by atoms with Gasteiger partial charge in [-0.2, -0.15) is 0 Å². The van der Waals surface area contributed by atoms with Crippen LogP contribution in [0.2, 0.25) is 0 Å². The number of carbonyl (C=O) groups excluding carboxylic acids is 2. The van der Waals surface area contributed by atoms with Gasteiger partial charge < -0.3 is 19.4 Å². The van der Waals surface area contributed by atoms with Crippen LogP contribution in [0.4, 0.5) is 0 Å². The Kier molecular flexibility index (Phi) is 6.27. The number of hydrogen-bond donors (Lipinski definition) is 1. The van der Waals surface area contributed by atoms with E-state index in [4.69, 9.17) is 9.15 Å². The molecule has 2 amide bonds. The van der Waals surface area contributed by atoms with Crippen molar-refractivity contribution in [3.05, 3.63) is 60.1 Å². The van der Waals surface area contributed by atoms with E-state index in [1.54, 1.807) is 17.0 Å². The number of nitrogens with one attached hydrogen (secondary N) is 1. The third-order valence-corrected chi connectivity index (χ3v) is 5.52. The number of furan rings is 1. The summed E-state index contributed by atoms with van der Waals surface area (Å²) in [7, 11) is 0. The summed E-state index contributed by atoms with van der Waals surface area (Å²) in [5, 5.41) is 2.99. The molecule has 1 aromatic carbocycles. The van der Waals surface area contributed by atoms with Crippen molar-refractivity contribution in [3.8, 4) is 0 Å². The number of rotatable bonds is 6. The van der Waals surface area contributed by atoms with Gasteiger partial charge in [0.05, 0.1) is 19.0 Å². The number of morpholine rings is 1. The van der Waals surface area contributed by atoms with Crippen molar-refractivity contribution in [2.24, 2.45) is 0 Å². The lowest BCUT2D eigenvalue weighted by atomic mass is 10.1. The number of amides is 2. The summed E-state index contributed by atoms with van der Waals surface area (Å²) in [6, 6.07) is 13.2. The maximum absolute atomic E-state index is 12.7. The van der Waals surface area contributed by atoms with E-state index in [9.17, 15) is 9.59 Å². The van der Waals surface area contributed by atoms with Gasteiger partial charge >= 0.3 is 0 Å². The number of benzene rings is 1. The van der Waals surface area contributed by atoms with Gasteiger partial charge in [-0.3, -0.25) is 14.5 Å². The van der Waals surface area contributed by atoms with Crippen molar-refractivity contribution in [1.29, 1.82) is 0 Å². The molecule has 3 heterocycles. The maximum atomic E-state index is 12.7. The second-order valence-corrected chi connectivity index (χ2v) is 7.59. The monoisotopic (exact) mass is 397 g/mol. The van der Waals surface area contributed by atoms with Crippen molar-refractivity contribution >= 4 is 11.8 Å². The van der Waals surface area contributed by atoms with E-state index in [1.165, 1.54) is 11.8 Å². The van der Waals surface area contributed by atoms with Crippen LogP contribution < -0.4 is 5.32 Å². The van der Waals surface area contributed by atoms with Crippen LogP contribution in [0, 0.1) is 0 Å². The van der Waals surface area contributed by atoms with Crippen LogP contribution in [0.25, 0.3) is 0 Å². The second kappa shape index (κ2) is 9.24. The average molecular weight is 397 g/mol. The lowest BCUT2D eigenvalue weighted by Gasteiger charge is -2.33. The maximum Gasteiger partial charge on any atom is 0.290 e. The SMILES string of the molecule is O=C(NC[C@@H]1CN(Cc2ccccc2)CCO1)[C@@H]1CCCN1C(=O)c1ccco1. The van der Waals surface area contributed by atoms with Crippen molar-refractivity contribution < 1.29 is 18.7 Å². The molecule has 1 aromatic heterocycles. The van der Waals surface area contributed by atoms with E-state index in [2.05, 4.69) is 22.3 Å². The molecule has 0 saturated carbocycles. The standard InChI is InChI=1S/C22H27N3O4/c26-21(19-8-4-10-25(19)22(27)20-9-5-12-29-20)23-14-18-16-24(11-13-28-18)15-17-6-2-1-3-7-17/h1-3,5-7,9,12,18-19H,4,8,10-11,13-16H2,(H,23,26)/t18-,19+/m1/s1. The topological polar surface area (TPSA) is 75.0 Å². The summed E-state index contributed by atoms with van der Waals surface area (Å²) in [4.78, 5) is 29.3. The van der Waals surface area contributed by atoms with E-state index in [1.807, 2.05) is 18.2 Å². The molecule has 0 radical (unpaired) electrons. The Labute approximate surface area is 170 Å². The number of ether oxygens (including phenoxy) is 1. The van der Waals surface area contributed by atoms with Crippen molar-refractivity contribution in [2.75, 3.05) is 32.8 Å². The molecule has 2 fully saturated rings. The van der Waals surface area contributed by atoms with Gasteiger partial charge in [-0.1, -0.05) is 30.3 Å². The highest BCUT2D eigenvalue weighted by atomic mass is 16.5. The third kappa shape index (κ3) is 4.86. The molecular formula is C22H27N3O4. The quantitative estimate of drug-likeness (QED) is 0.806. The minimum Gasteiger partial charge on any atom is -0.459 e. The highest BCUT2D eigenvalue weighted by molar-refractivity contribution is 5.95. The largest absolute Gasteiger partial charge is 0.459 e. The second-order valence-electron chi connectivity index (χ2n) is 7.59. The van der Waals surface area contributed by atoms with Crippen molar-refractivity contribution in [2.45, 2.75) is 31.5 Å². The molecule has 2 atom stereocenters. The number of carbonyl (C=O) groups is 2. The Bertz CT molecular complexity index is 809. The van der Waals surface area contributed by atoms with Gasteiger partial charge in [0.25, 0.3) is 5.91 Å². The number of nitrogens with zero attached hydrogens (tertiary/aromatic N) is 2. The summed E-state index contributed by atoms with van der Waals surface area (Å²) >= 11 is 0. The summed E-state index contributed by atoms with van der Waals surface area (Å²) in [6.07, 6.45) is 2.91. The molecule has 7 nitrogen and oxygen atoms in total. The summed E-state index contributed by atoms with van der Waals surface area (Å²) < 4.78 is 11.0. The zero-order valence-electron chi connectivity index (χ0n) is 16.5. The predicted molar refractivity (Wildman–Crippen MR) is 107 cm³/mol. The molecule has 2 saturated heterocycles. The molecule has 2 aliphatic heterocycles. The molecule has 0 aliphatic carbocycles. The van der Waals surface area contributed by atoms with E-state index in [0.717, 1.165) is 26.1 Å². The van der Waals surface area contributed by atoms with E-state index >= 15 is 0 Å². The lowest BCUT2D eigenvalue weighted by molar-refractivity contribution is -0.126. The van der Waals surface area contributed by atoms with Gasteiger partial charge in [0.1, 0.15) is 6.04 Å². The Morgan fingerprint density at radius 1 is 1.10 bits per heavy atom. The van der Waals surface area contributed by atoms with Crippen molar-refractivity contribution in [3.63, 3.8) is 0 Å². The summed E-state index contributed by atoms with van der Waals surface area (Å²) in [5.41, 5.74) is 1.27. The highest BCUT2D eigenvalue weighted by Crippen LogP contribution is 2.20. The molecule has 154 valence electrons. The lowest BCUT2D eigenvalue weighted by Crippen LogP contribution is -2.51. The zero-order valence-corrected chi connectivity index (χ0v) is 16.5. The number of hydrogen-bond acceptors (Lipinski definition) is 5. The molecule has 0 unspecified atom stereocenters. The van der Waals surface area contributed by atoms with Gasteiger partial charge in [-0.25, -0.2) is 0 Å². The molecule has 0 spiro atoms. The minimum atomic E-state index is -0.448.